The van der Waals surface area contributed by atoms with Gasteiger partial charge in [0.05, 0.1) is 16.1 Å². The molecule has 0 fully saturated rings. The van der Waals surface area contributed by atoms with Crippen LogP contribution in [-0.2, 0) is 10.8 Å². The molecule has 2 aromatic heterocycles. The smallest absolute Gasteiger partial charge is 0.333 e. The van der Waals surface area contributed by atoms with Crippen molar-refractivity contribution in [3.63, 3.8) is 0 Å². The minimum Gasteiger partial charge on any atom is -0.454 e. The maximum Gasteiger partial charge on any atom is 0.333 e. The SMILES string of the molecule is Cc1cc2c(cc1N1c3c(ccc4c3oc3ccccc34)B3c4c(cc5c(sc6ccccc65)c41)-c1cccc4c1N3c1ccccc1[Si]4(C)C)C(C)(C)CCC2(C)C. The summed E-state index contributed by atoms with van der Waals surface area (Å²) in [7, 11) is -2.07. The molecule has 7 aromatic carbocycles. The number of nitrogens with zero attached hydrogens (tertiary/aromatic N) is 2. The minimum absolute atomic E-state index is 0.0480. The van der Waals surface area contributed by atoms with Crippen LogP contribution in [0.15, 0.2) is 126 Å². The fourth-order valence-electron chi connectivity index (χ4n) is 11.8. The molecule has 3 nitrogen and oxygen atoms in total. The van der Waals surface area contributed by atoms with E-state index >= 15 is 0 Å². The van der Waals surface area contributed by atoms with Crippen molar-refractivity contribution in [1.29, 1.82) is 0 Å². The van der Waals surface area contributed by atoms with Gasteiger partial charge in [0.1, 0.15) is 13.7 Å². The highest BCUT2D eigenvalue weighted by atomic mass is 32.1. The van der Waals surface area contributed by atoms with Gasteiger partial charge >= 0.3 is 6.85 Å². The first-order valence-corrected chi connectivity index (χ1v) is 25.2. The fourth-order valence-corrected chi connectivity index (χ4v) is 16.1. The maximum atomic E-state index is 7.18. The van der Waals surface area contributed by atoms with Crippen molar-refractivity contribution >= 4 is 118 Å². The lowest BCUT2D eigenvalue weighted by Crippen LogP contribution is -2.68. The van der Waals surface area contributed by atoms with Crippen LogP contribution >= 0.6 is 11.3 Å². The first-order chi connectivity index (χ1) is 28.4. The first kappa shape index (κ1) is 34.3. The van der Waals surface area contributed by atoms with Crippen molar-refractivity contribution in [3.05, 3.63) is 138 Å². The van der Waals surface area contributed by atoms with E-state index in [1.165, 1.54) is 104 Å². The number of hydrogen-bond acceptors (Lipinski definition) is 4. The van der Waals surface area contributed by atoms with Crippen LogP contribution in [0.2, 0.25) is 13.1 Å². The molecular weight excluding hydrogens is 752 g/mol. The van der Waals surface area contributed by atoms with E-state index in [1.807, 2.05) is 11.3 Å². The molecule has 0 bridgehead atoms. The zero-order valence-electron chi connectivity index (χ0n) is 34.7. The zero-order chi connectivity index (χ0) is 39.9. The summed E-state index contributed by atoms with van der Waals surface area (Å²) in [5, 5.41) is 8.00. The van der Waals surface area contributed by atoms with Gasteiger partial charge in [0.15, 0.2) is 5.58 Å². The fraction of sp³-hybridized carbons (Fsp3) is 0.208. The summed E-state index contributed by atoms with van der Waals surface area (Å²) < 4.78 is 9.85. The average molecular weight is 797 g/mol. The maximum absolute atomic E-state index is 7.18. The summed E-state index contributed by atoms with van der Waals surface area (Å²) in [5.41, 5.74) is 18.2. The van der Waals surface area contributed by atoms with E-state index in [1.54, 1.807) is 0 Å². The van der Waals surface area contributed by atoms with Crippen LogP contribution in [0.25, 0.3) is 53.2 Å². The number of rotatable bonds is 1. The highest BCUT2D eigenvalue weighted by Crippen LogP contribution is 2.56. The van der Waals surface area contributed by atoms with Crippen molar-refractivity contribution in [1.82, 2.24) is 0 Å². The monoisotopic (exact) mass is 796 g/mol. The third-order valence-electron chi connectivity index (χ3n) is 15.0. The predicted octanol–water partition coefficient (Wildman–Crippen LogP) is 12.5. The van der Waals surface area contributed by atoms with Gasteiger partial charge < -0.3 is 14.1 Å². The standard InChI is InChI=1S/C53H45BN2OSSi/c1-30-27-37-38(53(4,5)26-25-52(37,2)3)29-41(30)55-48-39(24-23-34-31-15-8-11-19-42(31)57-50(34)48)54-46-35(28-36-32-16-9-12-20-43(32)58-51(36)49(46)55)33-17-14-22-45-47(33)56(54)40-18-10-13-21-44(40)59(45,6)7/h8-24,27-29H,25-26H2,1-7H3. The molecule has 4 aliphatic rings. The number of hydrogen-bond donors (Lipinski definition) is 0. The van der Waals surface area contributed by atoms with Gasteiger partial charge in [-0.25, -0.2) is 0 Å². The lowest BCUT2D eigenvalue weighted by atomic mass is 9.43. The van der Waals surface area contributed by atoms with Crippen LogP contribution in [0.3, 0.4) is 0 Å². The number of fused-ring (bicyclic) bond motifs is 15. The van der Waals surface area contributed by atoms with Gasteiger partial charge in [0.25, 0.3) is 0 Å². The van der Waals surface area contributed by atoms with E-state index in [2.05, 4.69) is 179 Å². The van der Waals surface area contributed by atoms with Crippen molar-refractivity contribution in [3.8, 4) is 11.1 Å². The Hall–Kier alpha value is -5.56. The summed E-state index contributed by atoms with van der Waals surface area (Å²) in [5.74, 6) is 0. The minimum atomic E-state index is -2.07. The molecule has 5 heterocycles. The van der Waals surface area contributed by atoms with E-state index in [-0.39, 0.29) is 17.7 Å². The molecule has 3 aliphatic heterocycles. The third-order valence-corrected chi connectivity index (χ3v) is 19.7. The van der Waals surface area contributed by atoms with E-state index in [0.29, 0.717) is 0 Å². The summed E-state index contributed by atoms with van der Waals surface area (Å²) in [6.45, 7) is 17.2. The molecule has 59 heavy (non-hydrogen) atoms. The number of benzene rings is 7. The number of anilines is 5. The van der Waals surface area contributed by atoms with Crippen molar-refractivity contribution in [2.45, 2.75) is 71.4 Å². The Kier molecular flexibility index (Phi) is 6.50. The van der Waals surface area contributed by atoms with Crippen molar-refractivity contribution in [2.24, 2.45) is 0 Å². The Morgan fingerprint density at radius 1 is 0.627 bits per heavy atom. The average Bonchev–Trinajstić information content (AvgIpc) is 3.81. The van der Waals surface area contributed by atoms with Gasteiger partial charge in [-0.1, -0.05) is 132 Å². The van der Waals surface area contributed by atoms with Crippen LogP contribution in [0.5, 0.6) is 0 Å². The molecule has 0 saturated carbocycles. The number of furan rings is 1. The van der Waals surface area contributed by atoms with Crippen LogP contribution in [0.4, 0.5) is 28.4 Å². The molecule has 13 rings (SSSR count). The Morgan fingerprint density at radius 2 is 1.34 bits per heavy atom. The van der Waals surface area contributed by atoms with Gasteiger partial charge in [-0.15, -0.1) is 11.3 Å². The van der Waals surface area contributed by atoms with E-state index < -0.39 is 8.07 Å². The summed E-state index contributed by atoms with van der Waals surface area (Å²) in [6.07, 6.45) is 2.35. The predicted molar refractivity (Wildman–Crippen MR) is 257 cm³/mol. The van der Waals surface area contributed by atoms with Crippen molar-refractivity contribution < 1.29 is 4.42 Å². The molecule has 0 atom stereocenters. The van der Waals surface area contributed by atoms with Gasteiger partial charge in [0, 0.05) is 48.9 Å². The molecule has 0 saturated heterocycles. The number of aryl methyl sites for hydroxylation is 1. The Bertz CT molecular complexity index is 3370. The topological polar surface area (TPSA) is 19.6 Å². The highest BCUT2D eigenvalue weighted by Gasteiger charge is 2.52. The molecule has 6 heteroatoms. The highest BCUT2D eigenvalue weighted by molar-refractivity contribution is 7.26. The quantitative estimate of drug-likeness (QED) is 0.154. The van der Waals surface area contributed by atoms with E-state index in [9.17, 15) is 0 Å². The largest absolute Gasteiger partial charge is 0.454 e. The van der Waals surface area contributed by atoms with Gasteiger partial charge in [-0.2, -0.15) is 0 Å². The number of thiophene rings is 1. The lowest BCUT2D eigenvalue weighted by molar-refractivity contribution is 0.332. The molecule has 9 aromatic rings. The Balaban J connectivity index is 1.26. The van der Waals surface area contributed by atoms with Crippen LogP contribution < -0.4 is 31.0 Å². The van der Waals surface area contributed by atoms with Gasteiger partial charge in [0.2, 0.25) is 0 Å². The molecule has 0 unspecified atom stereocenters. The normalized spacial score (nSPS) is 17.6. The van der Waals surface area contributed by atoms with Gasteiger partial charge in [-0.05, 0) is 104 Å². The van der Waals surface area contributed by atoms with E-state index in [4.69, 9.17) is 4.42 Å². The van der Waals surface area contributed by atoms with Crippen LogP contribution in [0.1, 0.15) is 57.2 Å². The van der Waals surface area contributed by atoms with Crippen LogP contribution in [0, 0.1) is 6.92 Å². The molecule has 0 amide bonds. The summed E-state index contributed by atoms with van der Waals surface area (Å²) in [4.78, 5) is 5.43. The third kappa shape index (κ3) is 4.24. The molecule has 286 valence electrons. The summed E-state index contributed by atoms with van der Waals surface area (Å²) in [6, 6.07) is 46.7. The lowest BCUT2D eigenvalue weighted by Gasteiger charge is -2.51. The molecule has 0 spiro atoms. The Labute approximate surface area is 351 Å². The molecular formula is C53H45BN2OSSi. The second-order valence-electron chi connectivity index (χ2n) is 19.5. The second-order valence-corrected chi connectivity index (χ2v) is 24.9. The van der Waals surface area contributed by atoms with E-state index in [0.717, 1.165) is 28.4 Å². The molecule has 0 radical (unpaired) electrons. The van der Waals surface area contributed by atoms with Crippen molar-refractivity contribution in [2.75, 3.05) is 9.71 Å². The molecule has 0 N–H and O–H groups in total. The number of para-hydroxylation sites is 3. The molecule has 1 aliphatic carbocycles. The van der Waals surface area contributed by atoms with Gasteiger partial charge in [-0.3, -0.25) is 0 Å². The first-order valence-electron chi connectivity index (χ1n) is 21.3. The van der Waals surface area contributed by atoms with Crippen LogP contribution in [-0.4, -0.2) is 14.9 Å². The second kappa shape index (κ2) is 11.2. The Morgan fingerprint density at radius 3 is 2.17 bits per heavy atom. The zero-order valence-corrected chi connectivity index (χ0v) is 36.6. The summed E-state index contributed by atoms with van der Waals surface area (Å²) >= 11 is 1.95.